The molecule has 18 heavy (non-hydrogen) atoms. The highest BCUT2D eigenvalue weighted by atomic mass is 32.1. The molecule has 0 spiro atoms. The van der Waals surface area contributed by atoms with Crippen LogP contribution < -0.4 is 5.73 Å². The van der Waals surface area contributed by atoms with Crippen molar-refractivity contribution >= 4 is 11.3 Å². The Morgan fingerprint density at radius 3 is 3.11 bits per heavy atom. The Labute approximate surface area is 111 Å². The summed E-state index contributed by atoms with van der Waals surface area (Å²) in [7, 11) is 0. The molecule has 0 amide bonds. The number of hydrogen-bond donors (Lipinski definition) is 1. The second-order valence-electron chi connectivity index (χ2n) is 4.71. The fraction of sp³-hybridized carbons (Fsp3) is 0.538. The molecule has 1 aliphatic rings. The van der Waals surface area contributed by atoms with Gasteiger partial charge in [-0.15, -0.1) is 11.3 Å². The van der Waals surface area contributed by atoms with Crippen LogP contribution in [-0.4, -0.2) is 21.3 Å². The highest BCUT2D eigenvalue weighted by Gasteiger charge is 2.27. The molecule has 4 nitrogen and oxygen atoms in total. The van der Waals surface area contributed by atoms with Gasteiger partial charge in [0.05, 0.1) is 11.4 Å². The zero-order valence-corrected chi connectivity index (χ0v) is 11.4. The Balaban J connectivity index is 2.15. The summed E-state index contributed by atoms with van der Waals surface area (Å²) >= 11 is 1.64. The zero-order valence-electron chi connectivity index (χ0n) is 10.6. The molecule has 3 rings (SSSR count). The number of aryl methyl sites for hydroxylation is 1. The SMILES string of the molecule is CCc1nn(-c2nccs2)c2c1C(CN)CCC2. The molecule has 0 aromatic carbocycles. The van der Waals surface area contributed by atoms with Gasteiger partial charge in [0.25, 0.3) is 0 Å². The van der Waals surface area contributed by atoms with Crippen molar-refractivity contribution in [3.63, 3.8) is 0 Å². The van der Waals surface area contributed by atoms with Gasteiger partial charge in [-0.2, -0.15) is 5.10 Å². The Bertz CT molecular complexity index is 529. The third kappa shape index (κ3) is 1.78. The van der Waals surface area contributed by atoms with Crippen molar-refractivity contribution in [2.75, 3.05) is 6.54 Å². The van der Waals surface area contributed by atoms with Gasteiger partial charge in [0.1, 0.15) is 0 Å². The van der Waals surface area contributed by atoms with Gasteiger partial charge in [-0.3, -0.25) is 0 Å². The van der Waals surface area contributed by atoms with Gasteiger partial charge >= 0.3 is 0 Å². The van der Waals surface area contributed by atoms with Crippen molar-refractivity contribution in [1.82, 2.24) is 14.8 Å². The minimum atomic E-state index is 0.484. The second-order valence-corrected chi connectivity index (χ2v) is 5.58. The average molecular weight is 262 g/mol. The lowest BCUT2D eigenvalue weighted by Crippen LogP contribution is -2.19. The lowest BCUT2D eigenvalue weighted by molar-refractivity contribution is 0.547. The number of thiazole rings is 1. The van der Waals surface area contributed by atoms with Crippen LogP contribution in [0.1, 0.15) is 42.6 Å². The maximum atomic E-state index is 5.92. The van der Waals surface area contributed by atoms with Gasteiger partial charge in [0, 0.05) is 17.1 Å². The van der Waals surface area contributed by atoms with E-state index in [9.17, 15) is 0 Å². The maximum Gasteiger partial charge on any atom is 0.210 e. The summed E-state index contributed by atoms with van der Waals surface area (Å²) in [5, 5.41) is 7.73. The molecule has 2 aromatic heterocycles. The van der Waals surface area contributed by atoms with Crippen LogP contribution in [0.4, 0.5) is 0 Å². The minimum absolute atomic E-state index is 0.484. The van der Waals surface area contributed by atoms with Gasteiger partial charge in [0.2, 0.25) is 5.13 Å². The first-order chi connectivity index (χ1) is 8.85. The van der Waals surface area contributed by atoms with E-state index in [4.69, 9.17) is 10.8 Å². The third-order valence-corrected chi connectivity index (χ3v) is 4.44. The van der Waals surface area contributed by atoms with Crippen LogP contribution in [0, 0.1) is 0 Å². The summed E-state index contributed by atoms with van der Waals surface area (Å²) in [5.74, 6) is 0.484. The number of nitrogens with two attached hydrogens (primary N) is 1. The average Bonchev–Trinajstić information content (AvgIpc) is 3.04. The number of fused-ring (bicyclic) bond motifs is 1. The molecule has 0 saturated carbocycles. The topological polar surface area (TPSA) is 56.7 Å². The molecule has 1 unspecified atom stereocenters. The predicted octanol–water partition coefficient (Wildman–Crippen LogP) is 2.27. The predicted molar refractivity (Wildman–Crippen MR) is 73.3 cm³/mol. The third-order valence-electron chi connectivity index (χ3n) is 3.69. The van der Waals surface area contributed by atoms with Crippen LogP contribution in [-0.2, 0) is 12.8 Å². The molecule has 2 aromatic rings. The van der Waals surface area contributed by atoms with Crippen LogP contribution in [0.5, 0.6) is 0 Å². The van der Waals surface area contributed by atoms with Gasteiger partial charge in [0.15, 0.2) is 0 Å². The standard InChI is InChI=1S/C13H18N4S/c1-2-10-12-9(8-14)4-3-5-11(12)17(16-10)13-15-6-7-18-13/h6-7,9H,2-5,8,14H2,1H3. The first-order valence-corrected chi connectivity index (χ1v) is 7.43. The van der Waals surface area contributed by atoms with Crippen LogP contribution >= 0.6 is 11.3 Å². The summed E-state index contributed by atoms with van der Waals surface area (Å²) in [5.41, 5.74) is 9.86. The molecule has 0 saturated heterocycles. The van der Waals surface area contributed by atoms with E-state index < -0.39 is 0 Å². The van der Waals surface area contributed by atoms with E-state index in [1.54, 1.807) is 11.3 Å². The largest absolute Gasteiger partial charge is 0.330 e. The molecule has 2 heterocycles. The smallest absolute Gasteiger partial charge is 0.210 e. The highest BCUT2D eigenvalue weighted by molar-refractivity contribution is 7.12. The molecule has 1 aliphatic carbocycles. The van der Waals surface area contributed by atoms with Crippen LogP contribution in [0.2, 0.25) is 0 Å². The number of rotatable bonds is 3. The van der Waals surface area contributed by atoms with Gasteiger partial charge in [-0.05, 0) is 38.1 Å². The molecule has 2 N–H and O–H groups in total. The molecular weight excluding hydrogens is 244 g/mol. The van der Waals surface area contributed by atoms with E-state index in [1.807, 2.05) is 16.3 Å². The molecule has 0 aliphatic heterocycles. The van der Waals surface area contributed by atoms with E-state index in [-0.39, 0.29) is 0 Å². The lowest BCUT2D eigenvalue weighted by Gasteiger charge is -2.22. The second kappa shape index (κ2) is 4.82. The maximum absolute atomic E-state index is 5.92. The lowest BCUT2D eigenvalue weighted by atomic mass is 9.85. The molecular formula is C13H18N4S. The Morgan fingerprint density at radius 1 is 1.56 bits per heavy atom. The van der Waals surface area contributed by atoms with Crippen LogP contribution in [0.3, 0.4) is 0 Å². The molecule has 0 radical (unpaired) electrons. The van der Waals surface area contributed by atoms with Crippen molar-refractivity contribution in [3.05, 3.63) is 28.5 Å². The van der Waals surface area contributed by atoms with Crippen LogP contribution in [0.15, 0.2) is 11.6 Å². The number of nitrogens with zero attached hydrogens (tertiary/aromatic N) is 3. The van der Waals surface area contributed by atoms with Crippen molar-refractivity contribution in [3.8, 4) is 5.13 Å². The van der Waals surface area contributed by atoms with Crippen molar-refractivity contribution in [2.24, 2.45) is 5.73 Å². The quantitative estimate of drug-likeness (QED) is 0.923. The normalized spacial score (nSPS) is 18.9. The van der Waals surface area contributed by atoms with Gasteiger partial charge in [-0.1, -0.05) is 6.92 Å². The molecule has 1 atom stereocenters. The van der Waals surface area contributed by atoms with Crippen molar-refractivity contribution < 1.29 is 0 Å². The van der Waals surface area contributed by atoms with Crippen molar-refractivity contribution in [2.45, 2.75) is 38.5 Å². The Morgan fingerprint density at radius 2 is 2.44 bits per heavy atom. The Kier molecular flexibility index (Phi) is 3.18. The van der Waals surface area contributed by atoms with E-state index in [2.05, 4.69) is 11.9 Å². The van der Waals surface area contributed by atoms with E-state index in [0.717, 1.165) is 24.5 Å². The summed E-state index contributed by atoms with van der Waals surface area (Å²) in [6.07, 6.45) is 6.30. The molecule has 0 fully saturated rings. The highest BCUT2D eigenvalue weighted by Crippen LogP contribution is 2.35. The monoisotopic (exact) mass is 262 g/mol. The summed E-state index contributed by atoms with van der Waals surface area (Å²) in [6.45, 7) is 2.89. The fourth-order valence-corrected chi connectivity index (χ4v) is 3.48. The van der Waals surface area contributed by atoms with Crippen molar-refractivity contribution in [1.29, 1.82) is 0 Å². The first-order valence-electron chi connectivity index (χ1n) is 6.55. The molecule has 0 bridgehead atoms. The summed E-state index contributed by atoms with van der Waals surface area (Å²) in [6, 6.07) is 0. The molecule has 96 valence electrons. The molecule has 5 heteroatoms. The fourth-order valence-electron chi connectivity index (χ4n) is 2.86. The van der Waals surface area contributed by atoms with Gasteiger partial charge in [-0.25, -0.2) is 9.67 Å². The summed E-state index contributed by atoms with van der Waals surface area (Å²) < 4.78 is 2.04. The zero-order chi connectivity index (χ0) is 12.5. The van der Waals surface area contributed by atoms with E-state index in [1.165, 1.54) is 29.8 Å². The first kappa shape index (κ1) is 11.9. The Hall–Kier alpha value is -1.20. The minimum Gasteiger partial charge on any atom is -0.330 e. The number of hydrogen-bond acceptors (Lipinski definition) is 4. The summed E-state index contributed by atoms with van der Waals surface area (Å²) in [4.78, 5) is 4.38. The van der Waals surface area contributed by atoms with Crippen LogP contribution in [0.25, 0.3) is 5.13 Å². The van der Waals surface area contributed by atoms with Gasteiger partial charge < -0.3 is 5.73 Å². The van der Waals surface area contributed by atoms with E-state index >= 15 is 0 Å². The number of aromatic nitrogens is 3. The van der Waals surface area contributed by atoms with E-state index in [0.29, 0.717) is 5.92 Å².